The highest BCUT2D eigenvalue weighted by Gasteiger charge is 2.12. The van der Waals surface area contributed by atoms with Crippen molar-refractivity contribution >= 4 is 28.3 Å². The Morgan fingerprint density at radius 3 is 2.77 bits per heavy atom. The first-order valence-corrected chi connectivity index (χ1v) is 7.71. The lowest BCUT2D eigenvalue weighted by Gasteiger charge is -2.06. The summed E-state index contributed by atoms with van der Waals surface area (Å²) in [6.07, 6.45) is 2.44. The Morgan fingerprint density at radius 1 is 1.32 bits per heavy atom. The van der Waals surface area contributed by atoms with Crippen molar-refractivity contribution in [2.24, 2.45) is 0 Å². The molecule has 22 heavy (non-hydrogen) atoms. The van der Waals surface area contributed by atoms with Crippen molar-refractivity contribution in [1.29, 1.82) is 0 Å². The zero-order chi connectivity index (χ0) is 16.1. The SMILES string of the molecule is COC(=O)c1cnc(NC(=O)CCc2ccc(C)cc2C)s1. The van der Waals surface area contributed by atoms with Crippen LogP contribution in [0, 0.1) is 13.8 Å². The van der Waals surface area contributed by atoms with Crippen molar-refractivity contribution in [2.45, 2.75) is 26.7 Å². The van der Waals surface area contributed by atoms with Crippen LogP contribution in [0.3, 0.4) is 0 Å². The average molecular weight is 318 g/mol. The van der Waals surface area contributed by atoms with Gasteiger partial charge in [-0.3, -0.25) is 4.79 Å². The van der Waals surface area contributed by atoms with Crippen LogP contribution in [-0.4, -0.2) is 24.0 Å². The number of thiazole rings is 1. The largest absolute Gasteiger partial charge is 0.465 e. The summed E-state index contributed by atoms with van der Waals surface area (Å²) in [4.78, 5) is 27.6. The van der Waals surface area contributed by atoms with Crippen LogP contribution in [0.5, 0.6) is 0 Å². The van der Waals surface area contributed by atoms with Crippen LogP contribution in [0.2, 0.25) is 0 Å². The number of rotatable bonds is 5. The van der Waals surface area contributed by atoms with E-state index in [9.17, 15) is 9.59 Å². The highest BCUT2D eigenvalue weighted by Crippen LogP contribution is 2.19. The molecule has 116 valence electrons. The molecule has 1 aromatic heterocycles. The van der Waals surface area contributed by atoms with Gasteiger partial charge in [-0.25, -0.2) is 9.78 Å². The summed E-state index contributed by atoms with van der Waals surface area (Å²) >= 11 is 1.10. The van der Waals surface area contributed by atoms with E-state index in [4.69, 9.17) is 0 Å². The number of ether oxygens (including phenoxy) is 1. The predicted molar refractivity (Wildman–Crippen MR) is 86.3 cm³/mol. The second-order valence-electron chi connectivity index (χ2n) is 5.00. The molecule has 0 saturated carbocycles. The number of carbonyl (C=O) groups excluding carboxylic acids is 2. The molecular weight excluding hydrogens is 300 g/mol. The Kier molecular flexibility index (Phi) is 5.27. The molecule has 0 aliphatic heterocycles. The Balaban J connectivity index is 1.90. The van der Waals surface area contributed by atoms with Crippen LogP contribution in [0.4, 0.5) is 5.13 Å². The van der Waals surface area contributed by atoms with Crippen LogP contribution in [0.1, 0.15) is 32.8 Å². The maximum absolute atomic E-state index is 12.0. The molecule has 5 nitrogen and oxygen atoms in total. The molecule has 1 amide bonds. The molecule has 0 unspecified atom stereocenters. The van der Waals surface area contributed by atoms with Crippen LogP contribution >= 0.6 is 11.3 Å². The number of benzene rings is 1. The number of amides is 1. The monoisotopic (exact) mass is 318 g/mol. The van der Waals surface area contributed by atoms with Gasteiger partial charge >= 0.3 is 5.97 Å². The summed E-state index contributed by atoms with van der Waals surface area (Å²) in [6, 6.07) is 6.21. The summed E-state index contributed by atoms with van der Waals surface area (Å²) in [7, 11) is 1.31. The summed E-state index contributed by atoms with van der Waals surface area (Å²) < 4.78 is 4.60. The molecule has 0 fully saturated rings. The summed E-state index contributed by atoms with van der Waals surface area (Å²) in [6.45, 7) is 4.09. The van der Waals surface area contributed by atoms with Gasteiger partial charge in [0.05, 0.1) is 13.3 Å². The maximum Gasteiger partial charge on any atom is 0.349 e. The minimum absolute atomic E-state index is 0.120. The predicted octanol–water partition coefficient (Wildman–Crippen LogP) is 3.12. The van der Waals surface area contributed by atoms with Gasteiger partial charge in [0.2, 0.25) is 5.91 Å². The number of hydrogen-bond acceptors (Lipinski definition) is 5. The molecule has 0 aliphatic carbocycles. The number of aryl methyl sites for hydroxylation is 3. The molecule has 0 bridgehead atoms. The molecule has 1 aromatic carbocycles. The van der Waals surface area contributed by atoms with E-state index in [0.717, 1.165) is 16.9 Å². The number of hydrogen-bond donors (Lipinski definition) is 1. The first-order chi connectivity index (χ1) is 10.5. The molecule has 1 heterocycles. The van der Waals surface area contributed by atoms with Gasteiger partial charge in [-0.1, -0.05) is 35.1 Å². The summed E-state index contributed by atoms with van der Waals surface area (Å²) in [5, 5.41) is 3.11. The van der Waals surface area contributed by atoms with Crippen LogP contribution < -0.4 is 5.32 Å². The van der Waals surface area contributed by atoms with E-state index < -0.39 is 5.97 Å². The van der Waals surface area contributed by atoms with E-state index in [2.05, 4.69) is 27.2 Å². The zero-order valence-electron chi connectivity index (χ0n) is 12.8. The van der Waals surface area contributed by atoms with E-state index in [1.807, 2.05) is 19.9 Å². The van der Waals surface area contributed by atoms with E-state index in [1.165, 1.54) is 24.4 Å². The normalized spacial score (nSPS) is 10.3. The fraction of sp³-hybridized carbons (Fsp3) is 0.312. The summed E-state index contributed by atoms with van der Waals surface area (Å²) in [5.74, 6) is -0.570. The zero-order valence-corrected chi connectivity index (χ0v) is 13.6. The van der Waals surface area contributed by atoms with Crippen molar-refractivity contribution in [3.63, 3.8) is 0 Å². The van der Waals surface area contributed by atoms with Gasteiger partial charge < -0.3 is 10.1 Å². The van der Waals surface area contributed by atoms with E-state index in [-0.39, 0.29) is 5.91 Å². The summed E-state index contributed by atoms with van der Waals surface area (Å²) in [5.41, 5.74) is 3.56. The molecule has 2 aromatic rings. The highest BCUT2D eigenvalue weighted by atomic mass is 32.1. The Hall–Kier alpha value is -2.21. The van der Waals surface area contributed by atoms with Crippen molar-refractivity contribution in [1.82, 2.24) is 4.98 Å². The maximum atomic E-state index is 12.0. The van der Waals surface area contributed by atoms with Crippen LogP contribution in [0.15, 0.2) is 24.4 Å². The lowest BCUT2D eigenvalue weighted by atomic mass is 10.0. The van der Waals surface area contributed by atoms with E-state index in [0.29, 0.717) is 22.9 Å². The van der Waals surface area contributed by atoms with Gasteiger partial charge in [-0.15, -0.1) is 0 Å². The topological polar surface area (TPSA) is 68.3 Å². The third-order valence-corrected chi connectivity index (χ3v) is 4.15. The number of anilines is 1. The Bertz CT molecular complexity index is 694. The number of aromatic nitrogens is 1. The van der Waals surface area contributed by atoms with Gasteiger partial charge in [-0.05, 0) is 31.4 Å². The third-order valence-electron chi connectivity index (χ3n) is 3.26. The van der Waals surface area contributed by atoms with Gasteiger partial charge in [0.25, 0.3) is 0 Å². The van der Waals surface area contributed by atoms with E-state index in [1.54, 1.807) is 0 Å². The lowest BCUT2D eigenvalue weighted by Crippen LogP contribution is -2.12. The molecule has 0 saturated heterocycles. The molecule has 0 radical (unpaired) electrons. The van der Waals surface area contributed by atoms with Crippen molar-refractivity contribution < 1.29 is 14.3 Å². The van der Waals surface area contributed by atoms with Gasteiger partial charge in [0, 0.05) is 6.42 Å². The van der Waals surface area contributed by atoms with Gasteiger partial charge in [0.1, 0.15) is 4.88 Å². The number of esters is 1. The lowest BCUT2D eigenvalue weighted by molar-refractivity contribution is -0.116. The van der Waals surface area contributed by atoms with Crippen LogP contribution in [-0.2, 0) is 16.0 Å². The number of methoxy groups -OCH3 is 1. The third kappa shape index (κ3) is 4.14. The minimum atomic E-state index is -0.451. The molecule has 0 atom stereocenters. The highest BCUT2D eigenvalue weighted by molar-refractivity contribution is 7.17. The quantitative estimate of drug-likeness (QED) is 0.860. The Labute approximate surface area is 133 Å². The Morgan fingerprint density at radius 2 is 2.09 bits per heavy atom. The molecule has 1 N–H and O–H groups in total. The first-order valence-electron chi connectivity index (χ1n) is 6.89. The minimum Gasteiger partial charge on any atom is -0.465 e. The fourth-order valence-electron chi connectivity index (χ4n) is 2.08. The fourth-order valence-corrected chi connectivity index (χ4v) is 2.83. The van der Waals surface area contributed by atoms with Crippen molar-refractivity contribution in [2.75, 3.05) is 12.4 Å². The first kappa shape index (κ1) is 16.2. The second-order valence-corrected chi connectivity index (χ2v) is 6.03. The average Bonchev–Trinajstić information content (AvgIpc) is 2.94. The number of carbonyl (C=O) groups is 2. The number of nitrogens with one attached hydrogen (secondary N) is 1. The smallest absolute Gasteiger partial charge is 0.349 e. The molecule has 2 rings (SSSR count). The van der Waals surface area contributed by atoms with Gasteiger partial charge in [0.15, 0.2) is 5.13 Å². The van der Waals surface area contributed by atoms with E-state index >= 15 is 0 Å². The standard InChI is InChI=1S/C16H18N2O3S/c1-10-4-5-12(11(2)8-10)6-7-14(19)18-16-17-9-13(22-16)15(20)21-3/h4-5,8-9H,6-7H2,1-3H3,(H,17,18,19). The second kappa shape index (κ2) is 7.17. The molecule has 0 spiro atoms. The van der Waals surface area contributed by atoms with Crippen LogP contribution in [0.25, 0.3) is 0 Å². The molecule has 0 aliphatic rings. The van der Waals surface area contributed by atoms with Gasteiger partial charge in [-0.2, -0.15) is 0 Å². The van der Waals surface area contributed by atoms with Crippen molar-refractivity contribution in [3.8, 4) is 0 Å². The number of nitrogens with zero attached hydrogens (tertiary/aromatic N) is 1. The van der Waals surface area contributed by atoms with Crippen molar-refractivity contribution in [3.05, 3.63) is 46.0 Å². The molecule has 6 heteroatoms. The molecular formula is C16H18N2O3S.